The van der Waals surface area contributed by atoms with Crippen LogP contribution in [0.25, 0.3) is 0 Å². The summed E-state index contributed by atoms with van der Waals surface area (Å²) >= 11 is 0. The van der Waals surface area contributed by atoms with Crippen LogP contribution in [0.4, 0.5) is 0 Å². The molecule has 4 fully saturated rings. The lowest BCUT2D eigenvalue weighted by molar-refractivity contribution is -0.165. The molecule has 4 aliphatic rings. The van der Waals surface area contributed by atoms with Crippen molar-refractivity contribution >= 4 is 23.8 Å². The molecule has 2 saturated carbocycles. The van der Waals surface area contributed by atoms with Crippen molar-refractivity contribution in [3.63, 3.8) is 0 Å². The summed E-state index contributed by atoms with van der Waals surface area (Å²) in [5.74, 6) is -1.89. The number of fused-ring (bicyclic) bond motifs is 2. The number of ether oxygens (including phenoxy) is 1. The van der Waals surface area contributed by atoms with E-state index < -0.39 is 18.1 Å². The largest absolute Gasteiger partial charge is 0.504 e. The monoisotopic (exact) mass is 750 g/mol. The summed E-state index contributed by atoms with van der Waals surface area (Å²) in [6.45, 7) is 11.7. The Morgan fingerprint density at radius 2 is 1.22 bits per heavy atom. The number of carbonyl (C=O) groups is 4. The third-order valence-corrected chi connectivity index (χ3v) is 13.3. The van der Waals surface area contributed by atoms with Gasteiger partial charge in [0.05, 0.1) is 0 Å². The quantitative estimate of drug-likeness (QED) is 0.132. The van der Waals surface area contributed by atoms with Crippen LogP contribution in [0, 0.1) is 28.6 Å². The van der Waals surface area contributed by atoms with Gasteiger partial charge in [-0.2, -0.15) is 0 Å². The zero-order valence-corrected chi connectivity index (χ0v) is 32.3. The highest BCUT2D eigenvalue weighted by molar-refractivity contribution is 5.87. The van der Waals surface area contributed by atoms with E-state index >= 15 is 0 Å². The molecule has 5 N–H and O–H groups in total. The highest BCUT2D eigenvalue weighted by atomic mass is 16.5. The summed E-state index contributed by atoms with van der Waals surface area (Å²) in [4.78, 5) is 53.0. The molecule has 2 aliphatic heterocycles. The molecule has 2 heterocycles. The van der Waals surface area contributed by atoms with Gasteiger partial charge in [-0.25, -0.2) is 9.59 Å². The van der Waals surface area contributed by atoms with E-state index in [1.165, 1.54) is 35.6 Å². The smallest absolute Gasteiger partial charge is 0.329 e. The molecule has 54 heavy (non-hydrogen) atoms. The first kappa shape index (κ1) is 40.7. The average molecular weight is 751 g/mol. The van der Waals surface area contributed by atoms with Gasteiger partial charge in [-0.05, 0) is 117 Å². The van der Waals surface area contributed by atoms with Crippen LogP contribution in [0.3, 0.4) is 0 Å². The second kappa shape index (κ2) is 16.5. The minimum atomic E-state index is -0.943. The van der Waals surface area contributed by atoms with E-state index in [1.807, 2.05) is 6.92 Å². The molecule has 2 saturated heterocycles. The van der Waals surface area contributed by atoms with Crippen LogP contribution >= 0.6 is 0 Å². The maximum absolute atomic E-state index is 13.2. The lowest BCUT2D eigenvalue weighted by atomic mass is 9.70. The van der Waals surface area contributed by atoms with E-state index in [-0.39, 0.29) is 69.6 Å². The Morgan fingerprint density at radius 3 is 1.65 bits per heavy atom. The number of hydrogen-bond donors (Lipinski definition) is 5. The van der Waals surface area contributed by atoms with Crippen LogP contribution < -0.4 is 0 Å². The van der Waals surface area contributed by atoms with E-state index in [4.69, 9.17) is 9.84 Å². The number of nitrogens with zero attached hydrogens (tertiary/aromatic N) is 2. The number of rotatable bonds is 11. The molecule has 2 aliphatic carbocycles. The summed E-state index contributed by atoms with van der Waals surface area (Å²) in [7, 11) is 0. The number of aryl methyl sites for hydroxylation is 2. The fraction of sp³-hybridized carbons (Fsp3) is 0.619. The fourth-order valence-corrected chi connectivity index (χ4v) is 9.12. The van der Waals surface area contributed by atoms with E-state index in [2.05, 4.69) is 20.8 Å². The van der Waals surface area contributed by atoms with Crippen molar-refractivity contribution in [1.82, 2.24) is 9.80 Å². The van der Waals surface area contributed by atoms with Gasteiger partial charge in [0.25, 0.3) is 0 Å². The minimum Gasteiger partial charge on any atom is -0.504 e. The Morgan fingerprint density at radius 1 is 0.741 bits per heavy atom. The fourth-order valence-electron chi connectivity index (χ4n) is 9.12. The van der Waals surface area contributed by atoms with E-state index in [0.717, 1.165) is 36.8 Å². The molecule has 3 unspecified atom stereocenters. The third kappa shape index (κ3) is 8.42. The number of carboxylic acid groups (broad SMARTS) is 1. The molecular weight excluding hydrogens is 692 g/mol. The molecule has 12 nitrogen and oxygen atoms in total. The van der Waals surface area contributed by atoms with Gasteiger partial charge in [-0.3, -0.25) is 9.59 Å². The van der Waals surface area contributed by atoms with Gasteiger partial charge in [-0.15, -0.1) is 0 Å². The van der Waals surface area contributed by atoms with Crippen molar-refractivity contribution in [3.05, 3.63) is 47.5 Å². The highest BCUT2D eigenvalue weighted by Gasteiger charge is 2.63. The van der Waals surface area contributed by atoms with E-state index in [1.54, 1.807) is 24.0 Å². The molecule has 0 spiro atoms. The molecule has 2 amide bonds. The lowest BCUT2D eigenvalue weighted by Gasteiger charge is -2.39. The van der Waals surface area contributed by atoms with Crippen molar-refractivity contribution in [1.29, 1.82) is 0 Å². The Labute approximate surface area is 318 Å². The van der Waals surface area contributed by atoms with Crippen molar-refractivity contribution < 1.29 is 49.4 Å². The van der Waals surface area contributed by atoms with Crippen molar-refractivity contribution in [2.45, 2.75) is 123 Å². The number of hydrogen-bond acceptors (Lipinski definition) is 9. The average Bonchev–Trinajstić information content (AvgIpc) is 3.91. The molecule has 2 bridgehead atoms. The lowest BCUT2D eigenvalue weighted by Crippen LogP contribution is -2.46. The first-order valence-corrected chi connectivity index (χ1v) is 19.5. The SMILES string of the molecule is C[C@H](CCc1ccc(O)c(O)c1)C(=O)N1CCC[C@H]1C(=O)O.C[C@H](CCc1ccc(O)c(O)c1)C(=O)N1CCC[C@H]1C(=O)OC1CC2CCC1(C)C2(C)C. The summed E-state index contributed by atoms with van der Waals surface area (Å²) < 4.78 is 6.10. The van der Waals surface area contributed by atoms with Crippen LogP contribution in [0.2, 0.25) is 0 Å². The third-order valence-electron chi connectivity index (χ3n) is 13.3. The zero-order valence-electron chi connectivity index (χ0n) is 32.3. The predicted molar refractivity (Wildman–Crippen MR) is 201 cm³/mol. The summed E-state index contributed by atoms with van der Waals surface area (Å²) in [5, 5.41) is 47.0. The highest BCUT2D eigenvalue weighted by Crippen LogP contribution is 2.66. The second-order valence-corrected chi connectivity index (χ2v) is 16.8. The number of carbonyl (C=O) groups excluding carboxylic acids is 3. The van der Waals surface area contributed by atoms with Crippen LogP contribution in [-0.2, 0) is 36.8 Å². The topological polar surface area (TPSA) is 185 Å². The number of benzene rings is 2. The van der Waals surface area contributed by atoms with Gasteiger partial charge in [0, 0.05) is 30.3 Å². The van der Waals surface area contributed by atoms with E-state index in [0.29, 0.717) is 57.5 Å². The van der Waals surface area contributed by atoms with Gasteiger partial charge >= 0.3 is 11.9 Å². The van der Waals surface area contributed by atoms with Gasteiger partial charge in [0.2, 0.25) is 11.8 Å². The van der Waals surface area contributed by atoms with Gasteiger partial charge in [0.15, 0.2) is 23.0 Å². The Kier molecular flexibility index (Phi) is 12.4. The number of carboxylic acids is 1. The number of likely N-dealkylation sites (tertiary alicyclic amines) is 2. The van der Waals surface area contributed by atoms with Gasteiger partial charge in [0.1, 0.15) is 18.2 Å². The summed E-state index contributed by atoms with van der Waals surface area (Å²) in [5.41, 5.74) is 1.89. The van der Waals surface area contributed by atoms with Crippen LogP contribution in [0.1, 0.15) is 104 Å². The molecular formula is C42H58N2O10. The number of amides is 2. The Balaban J connectivity index is 0.000000223. The number of aromatic hydroxyl groups is 4. The Bertz CT molecular complexity index is 1710. The van der Waals surface area contributed by atoms with Crippen molar-refractivity contribution in [2.24, 2.45) is 28.6 Å². The molecule has 7 atom stereocenters. The maximum atomic E-state index is 13.2. The molecule has 0 aromatic heterocycles. The standard InChI is InChI=1S/C26H37NO5.C16H21NO5/c1-16(7-8-17-9-10-20(28)21(29)14-17)23(30)27-13-5-6-19(27)24(31)32-22-15-18-11-12-26(22,4)25(18,2)3;1-10(4-5-11-6-7-13(18)14(19)9-11)15(20)17-8-2-3-12(17)16(21)22/h9-10,14,16,18-19,22,28-29H,5-8,11-13,15H2,1-4H3;6-7,9-10,12,18-19H,2-5,8H2,1H3,(H,21,22)/t16-,18?,19+,22?,26?;10-,12+/m11/s1. The molecule has 0 radical (unpaired) electrons. The number of esters is 1. The number of phenols is 4. The maximum Gasteiger partial charge on any atom is 0.329 e. The minimum absolute atomic E-state index is 0.00747. The van der Waals surface area contributed by atoms with Crippen LogP contribution in [-0.4, -0.2) is 90.4 Å². The summed E-state index contributed by atoms with van der Waals surface area (Å²) in [6, 6.07) is 8.14. The molecule has 6 rings (SSSR count). The number of aliphatic carboxylic acids is 1. The van der Waals surface area contributed by atoms with Gasteiger partial charge in [-0.1, -0.05) is 46.8 Å². The number of phenolic OH excluding ortho intramolecular Hbond substituents is 4. The van der Waals surface area contributed by atoms with Gasteiger partial charge < -0.3 is 40.1 Å². The first-order chi connectivity index (χ1) is 25.4. The van der Waals surface area contributed by atoms with Crippen molar-refractivity contribution in [3.8, 4) is 23.0 Å². The van der Waals surface area contributed by atoms with Crippen LogP contribution in [0.15, 0.2) is 36.4 Å². The summed E-state index contributed by atoms with van der Waals surface area (Å²) in [6.07, 6.45) is 8.27. The molecule has 12 heteroatoms. The van der Waals surface area contributed by atoms with Crippen molar-refractivity contribution in [2.75, 3.05) is 13.1 Å². The molecule has 2 aromatic carbocycles. The normalized spacial score (nSPS) is 26.5. The molecule has 296 valence electrons. The zero-order chi connectivity index (χ0) is 39.5. The predicted octanol–water partition coefficient (Wildman–Crippen LogP) is 6.16. The first-order valence-electron chi connectivity index (χ1n) is 19.5. The van der Waals surface area contributed by atoms with E-state index in [9.17, 15) is 39.6 Å². The Hall–Kier alpha value is -4.48. The molecule has 2 aromatic rings. The van der Waals surface area contributed by atoms with Crippen LogP contribution in [0.5, 0.6) is 23.0 Å². The second-order valence-electron chi connectivity index (χ2n) is 16.8.